The van der Waals surface area contributed by atoms with Crippen molar-refractivity contribution in [1.82, 2.24) is 5.32 Å². The van der Waals surface area contributed by atoms with Crippen LogP contribution in [-0.2, 0) is 20.8 Å². The lowest BCUT2D eigenvalue weighted by Crippen LogP contribution is -2.41. The van der Waals surface area contributed by atoms with Gasteiger partial charge in [-0.3, -0.25) is 9.59 Å². The molecule has 0 aromatic heterocycles. The number of hydrogen-bond donors (Lipinski definition) is 1. The van der Waals surface area contributed by atoms with E-state index in [1.165, 1.54) is 6.92 Å². The molecule has 0 unspecified atom stereocenters. The molecule has 0 fully saturated rings. The van der Waals surface area contributed by atoms with Gasteiger partial charge in [0.1, 0.15) is 5.78 Å². The third kappa shape index (κ3) is 6.34. The van der Waals surface area contributed by atoms with Crippen molar-refractivity contribution in [3.63, 3.8) is 0 Å². The molecule has 0 spiro atoms. The van der Waals surface area contributed by atoms with Gasteiger partial charge in [0.05, 0.1) is 6.04 Å². The van der Waals surface area contributed by atoms with Gasteiger partial charge < -0.3 is 10.1 Å². The molecule has 0 radical (unpaired) electrons. The summed E-state index contributed by atoms with van der Waals surface area (Å²) in [6.07, 6.45) is 1.27. The minimum absolute atomic E-state index is 0.00206. The molecule has 4 nitrogen and oxygen atoms in total. The zero-order valence-electron chi connectivity index (χ0n) is 12.9. The van der Waals surface area contributed by atoms with Crippen LogP contribution in [0.15, 0.2) is 30.3 Å². The Kier molecular flexibility index (Phi) is 6.79. The van der Waals surface area contributed by atoms with E-state index in [1.807, 2.05) is 30.3 Å². The summed E-state index contributed by atoms with van der Waals surface area (Å²) in [5.74, 6) is -0.666. The van der Waals surface area contributed by atoms with Gasteiger partial charge in [0.25, 0.3) is 0 Å². The molecular formula is C17H23NO3. The van der Waals surface area contributed by atoms with E-state index >= 15 is 0 Å². The van der Waals surface area contributed by atoms with Gasteiger partial charge in [-0.05, 0) is 25.8 Å². The Bertz CT molecular complexity index is 496. The average Bonchev–Trinajstić information content (AvgIpc) is 2.44. The van der Waals surface area contributed by atoms with Gasteiger partial charge in [-0.15, -0.1) is 0 Å². The monoisotopic (exact) mass is 289 g/mol. The number of rotatable bonds is 8. The standard InChI is InChI=1S/C17H23NO3/c1-12(11-13(2)19)17(21)18-14(3)16(20)10-9-15-7-5-4-6-8-15/h4-8,12,14H,9-11H2,1-3H3,(H,18,21)/t12-,14+/m1/s1. The van der Waals surface area contributed by atoms with E-state index in [9.17, 15) is 14.4 Å². The fourth-order valence-corrected chi connectivity index (χ4v) is 2.09. The van der Waals surface area contributed by atoms with Gasteiger partial charge in [-0.2, -0.15) is 0 Å². The van der Waals surface area contributed by atoms with Crippen molar-refractivity contribution in [2.24, 2.45) is 5.92 Å². The molecule has 0 heterocycles. The largest absolute Gasteiger partial charge is 0.346 e. The Hall–Kier alpha value is -1.97. The van der Waals surface area contributed by atoms with Crippen molar-refractivity contribution in [2.75, 3.05) is 0 Å². The maximum atomic E-state index is 12.0. The number of nitrogens with one attached hydrogen (secondary N) is 1. The fourth-order valence-electron chi connectivity index (χ4n) is 2.09. The van der Waals surface area contributed by atoms with Crippen LogP contribution in [-0.4, -0.2) is 23.5 Å². The average molecular weight is 289 g/mol. The first-order chi connectivity index (χ1) is 9.90. The first-order valence-corrected chi connectivity index (χ1v) is 7.26. The van der Waals surface area contributed by atoms with Crippen LogP contribution in [0, 0.1) is 5.92 Å². The van der Waals surface area contributed by atoms with Gasteiger partial charge in [0, 0.05) is 18.8 Å². The topological polar surface area (TPSA) is 63.2 Å². The van der Waals surface area contributed by atoms with Crippen molar-refractivity contribution < 1.29 is 14.4 Å². The highest BCUT2D eigenvalue weighted by Gasteiger charge is 2.20. The quantitative estimate of drug-likeness (QED) is 0.798. The lowest BCUT2D eigenvalue weighted by atomic mass is 10.0. The van der Waals surface area contributed by atoms with E-state index in [2.05, 4.69) is 5.32 Å². The second kappa shape index (κ2) is 8.35. The Labute approximate surface area is 125 Å². The highest BCUT2D eigenvalue weighted by atomic mass is 16.2. The first-order valence-electron chi connectivity index (χ1n) is 7.26. The molecule has 1 N–H and O–H groups in total. The first kappa shape index (κ1) is 17.1. The van der Waals surface area contributed by atoms with Gasteiger partial charge in [0.2, 0.25) is 5.91 Å². The van der Waals surface area contributed by atoms with Gasteiger partial charge in [-0.25, -0.2) is 0 Å². The summed E-state index contributed by atoms with van der Waals surface area (Å²) in [6.45, 7) is 4.84. The third-order valence-electron chi connectivity index (χ3n) is 3.39. The Morgan fingerprint density at radius 3 is 2.29 bits per heavy atom. The molecule has 0 saturated heterocycles. The summed E-state index contributed by atoms with van der Waals surface area (Å²) >= 11 is 0. The predicted octanol–water partition coefficient (Wildman–Crippen LogP) is 2.31. The SMILES string of the molecule is CC(=O)C[C@@H](C)C(=O)N[C@@H](C)C(=O)CCc1ccccc1. The smallest absolute Gasteiger partial charge is 0.223 e. The number of Topliss-reactive ketones (excluding diaryl/α,β-unsaturated/α-hetero) is 2. The number of carbonyl (C=O) groups excluding carboxylic acids is 3. The van der Waals surface area contributed by atoms with Gasteiger partial charge in [-0.1, -0.05) is 37.3 Å². The van der Waals surface area contributed by atoms with Crippen LogP contribution >= 0.6 is 0 Å². The minimum atomic E-state index is -0.518. The van der Waals surface area contributed by atoms with Crippen molar-refractivity contribution in [3.8, 4) is 0 Å². The third-order valence-corrected chi connectivity index (χ3v) is 3.39. The molecule has 1 aromatic rings. The maximum Gasteiger partial charge on any atom is 0.223 e. The van der Waals surface area contributed by atoms with Crippen molar-refractivity contribution in [3.05, 3.63) is 35.9 Å². The number of aryl methyl sites for hydroxylation is 1. The van der Waals surface area contributed by atoms with Crippen LogP contribution in [0.1, 0.15) is 39.2 Å². The molecule has 0 aliphatic carbocycles. The summed E-state index contributed by atoms with van der Waals surface area (Å²) in [5.41, 5.74) is 1.11. The molecule has 4 heteroatoms. The van der Waals surface area contributed by atoms with E-state index in [0.29, 0.717) is 12.8 Å². The second-order valence-electron chi connectivity index (χ2n) is 5.49. The van der Waals surface area contributed by atoms with Crippen LogP contribution in [0.2, 0.25) is 0 Å². The predicted molar refractivity (Wildman–Crippen MR) is 81.8 cm³/mol. The van der Waals surface area contributed by atoms with Crippen LogP contribution in [0.25, 0.3) is 0 Å². The second-order valence-corrected chi connectivity index (χ2v) is 5.49. The summed E-state index contributed by atoms with van der Waals surface area (Å²) < 4.78 is 0. The molecule has 1 amide bonds. The van der Waals surface area contributed by atoms with Crippen LogP contribution < -0.4 is 5.32 Å². The molecule has 114 valence electrons. The summed E-state index contributed by atoms with van der Waals surface area (Å²) in [7, 11) is 0. The van der Waals surface area contributed by atoms with Crippen molar-refractivity contribution in [2.45, 2.75) is 46.1 Å². The Morgan fingerprint density at radius 2 is 1.71 bits per heavy atom. The lowest BCUT2D eigenvalue weighted by Gasteiger charge is -2.16. The van der Waals surface area contributed by atoms with E-state index in [0.717, 1.165) is 5.56 Å². The van der Waals surface area contributed by atoms with E-state index in [4.69, 9.17) is 0 Å². The summed E-state index contributed by atoms with van der Waals surface area (Å²) in [6, 6.07) is 9.25. The molecule has 1 aromatic carbocycles. The fraction of sp³-hybridized carbons (Fsp3) is 0.471. The summed E-state index contributed by atoms with van der Waals surface area (Å²) in [5, 5.41) is 2.68. The number of hydrogen-bond acceptors (Lipinski definition) is 3. The molecule has 0 bridgehead atoms. The number of benzene rings is 1. The highest BCUT2D eigenvalue weighted by molar-refractivity contribution is 5.91. The maximum absolute atomic E-state index is 12.0. The highest BCUT2D eigenvalue weighted by Crippen LogP contribution is 2.06. The van der Waals surface area contributed by atoms with Crippen LogP contribution in [0.3, 0.4) is 0 Å². The summed E-state index contributed by atoms with van der Waals surface area (Å²) in [4.78, 5) is 34.9. The van der Waals surface area contributed by atoms with Crippen molar-refractivity contribution in [1.29, 1.82) is 0 Å². The van der Waals surface area contributed by atoms with E-state index < -0.39 is 12.0 Å². The van der Waals surface area contributed by atoms with E-state index in [-0.39, 0.29) is 23.9 Å². The van der Waals surface area contributed by atoms with E-state index in [1.54, 1.807) is 13.8 Å². The number of carbonyl (C=O) groups is 3. The number of ketones is 2. The lowest BCUT2D eigenvalue weighted by molar-refractivity contribution is -0.131. The molecule has 0 aliphatic heterocycles. The van der Waals surface area contributed by atoms with Gasteiger partial charge in [0.15, 0.2) is 5.78 Å². The zero-order chi connectivity index (χ0) is 15.8. The zero-order valence-corrected chi connectivity index (χ0v) is 12.9. The molecule has 0 saturated carbocycles. The van der Waals surface area contributed by atoms with Crippen molar-refractivity contribution >= 4 is 17.5 Å². The Morgan fingerprint density at radius 1 is 1.10 bits per heavy atom. The molecule has 21 heavy (non-hydrogen) atoms. The van der Waals surface area contributed by atoms with Crippen LogP contribution in [0.5, 0.6) is 0 Å². The molecule has 0 aliphatic rings. The molecular weight excluding hydrogens is 266 g/mol. The number of amides is 1. The van der Waals surface area contributed by atoms with Gasteiger partial charge >= 0.3 is 0 Å². The van der Waals surface area contributed by atoms with Crippen LogP contribution in [0.4, 0.5) is 0 Å². The normalized spacial score (nSPS) is 13.3. The molecule has 1 rings (SSSR count). The minimum Gasteiger partial charge on any atom is -0.346 e. The Balaban J connectivity index is 2.40. The molecule has 2 atom stereocenters.